The number of nitrogens with zero attached hydrogens (tertiary/aromatic N) is 1. The van der Waals surface area contributed by atoms with Crippen LogP contribution in [-0.2, 0) is 32.2 Å². The molecule has 0 radical (unpaired) electrons. The van der Waals surface area contributed by atoms with Crippen LogP contribution in [0, 0.1) is 0 Å². The average Bonchev–Trinajstić information content (AvgIpc) is 3.25. The van der Waals surface area contributed by atoms with E-state index in [4.69, 9.17) is 4.98 Å². The molecule has 252 valence electrons. The number of amides is 1. The van der Waals surface area contributed by atoms with Crippen molar-refractivity contribution in [3.63, 3.8) is 0 Å². The molecule has 1 aromatic heterocycles. The standard InChI is InChI=1S/C39H38N2O7S/c1-38(2,3)27-17-21(18-28(37(27)45)39(4,5)6)13-16-32(42)40-30-11-7-9-22-14-15-29(41-34(22)30)33-35(43)25-19-23-10-8-12-31(49(46,47)48)24(23)20-26(25)36(33)44/h7-12,14-15,17-20,33,45H,13,16H2,1-6H3,(H,40,42)(H,46,47,48)/p+2. The van der Waals surface area contributed by atoms with Crippen LogP contribution in [-0.4, -0.2) is 45.3 Å². The highest BCUT2D eigenvalue weighted by Crippen LogP contribution is 2.40. The fraction of sp³-hybridized carbons (Fsp3) is 0.282. The van der Waals surface area contributed by atoms with Gasteiger partial charge in [-0.05, 0) is 63.6 Å². The van der Waals surface area contributed by atoms with E-state index in [1.807, 2.05) is 24.3 Å². The molecule has 0 saturated heterocycles. The third-order valence-electron chi connectivity index (χ3n) is 9.16. The Labute approximate surface area is 285 Å². The smallest absolute Gasteiger partial charge is 0.341 e. The summed E-state index contributed by atoms with van der Waals surface area (Å²) in [6.45, 7) is 12.3. The van der Waals surface area contributed by atoms with Gasteiger partial charge in [0.05, 0.1) is 17.7 Å². The maximum atomic E-state index is 13.7. The molecule has 5 aromatic rings. The third-order valence-corrected chi connectivity index (χ3v) is 10.1. The Bertz CT molecular complexity index is 2300. The van der Waals surface area contributed by atoms with Gasteiger partial charge in [0, 0.05) is 22.4 Å². The maximum Gasteiger partial charge on any atom is 0.341 e. The number of nitrogens with two attached hydrogens (primary N) is 1. The van der Waals surface area contributed by atoms with Crippen LogP contribution in [0.25, 0.3) is 21.7 Å². The number of phenols is 1. The van der Waals surface area contributed by atoms with Crippen molar-refractivity contribution in [3.05, 3.63) is 106 Å². The third kappa shape index (κ3) is 6.39. The molecule has 1 heterocycles. The molecule has 0 fully saturated rings. The van der Waals surface area contributed by atoms with Gasteiger partial charge in [0.15, 0.2) is 17.4 Å². The van der Waals surface area contributed by atoms with Crippen LogP contribution in [0.5, 0.6) is 5.75 Å². The summed E-state index contributed by atoms with van der Waals surface area (Å²) in [4.78, 5) is 42.8. The van der Waals surface area contributed by atoms with Crippen molar-refractivity contribution in [1.29, 1.82) is 0 Å². The summed E-state index contributed by atoms with van der Waals surface area (Å²) in [6.07, 6.45) is 0.717. The Morgan fingerprint density at radius 2 is 1.51 bits per heavy atom. The lowest BCUT2D eigenvalue weighted by atomic mass is 9.78. The van der Waals surface area contributed by atoms with Crippen molar-refractivity contribution in [1.82, 2.24) is 4.98 Å². The summed E-state index contributed by atoms with van der Waals surface area (Å²) in [6, 6.07) is 20.2. The first-order valence-electron chi connectivity index (χ1n) is 16.1. The molecule has 6 rings (SSSR count). The van der Waals surface area contributed by atoms with Crippen LogP contribution in [0.2, 0.25) is 0 Å². The van der Waals surface area contributed by atoms with Crippen LogP contribution in [0.15, 0.2) is 77.7 Å². The molecule has 49 heavy (non-hydrogen) atoms. The van der Waals surface area contributed by atoms with E-state index in [1.54, 1.807) is 29.6 Å². The molecular formula is C39H40N2O7S+2. The normalized spacial score (nSPS) is 15.3. The minimum absolute atomic E-state index is 0.109. The van der Waals surface area contributed by atoms with Crippen molar-refractivity contribution in [2.24, 2.45) is 0 Å². The van der Waals surface area contributed by atoms with Crippen molar-refractivity contribution in [2.75, 3.05) is 0 Å². The summed E-state index contributed by atoms with van der Waals surface area (Å²) in [5, 5.41) is 14.0. The zero-order valence-electron chi connectivity index (χ0n) is 28.3. The van der Waals surface area contributed by atoms with Gasteiger partial charge in [-0.1, -0.05) is 84.0 Å². The number of benzene rings is 4. The number of pyridine rings is 1. The second kappa shape index (κ2) is 12.0. The summed E-state index contributed by atoms with van der Waals surface area (Å²) >= 11 is 0. The number of carbonyl (C=O) groups is 2. The zero-order valence-corrected chi connectivity index (χ0v) is 29.1. The number of para-hydroxylation sites is 1. The molecule has 0 aliphatic heterocycles. The summed E-state index contributed by atoms with van der Waals surface area (Å²) in [5.41, 5.74) is 3.83. The number of rotatable bonds is 6. The predicted molar refractivity (Wildman–Crippen MR) is 189 cm³/mol. The monoisotopic (exact) mass is 680 g/mol. The van der Waals surface area contributed by atoms with Crippen LogP contribution < -0.4 is 5.32 Å². The Balaban J connectivity index is 1.28. The van der Waals surface area contributed by atoms with Crippen molar-refractivity contribution < 1.29 is 37.8 Å². The lowest BCUT2D eigenvalue weighted by molar-refractivity contribution is -0.482. The van der Waals surface area contributed by atoms with Gasteiger partial charge in [-0.15, -0.1) is 0 Å². The second-order valence-electron chi connectivity index (χ2n) is 14.8. The topological polar surface area (TPSA) is 160 Å². The van der Waals surface area contributed by atoms with E-state index in [1.165, 1.54) is 24.3 Å². The van der Waals surface area contributed by atoms with Crippen LogP contribution in [0.3, 0.4) is 0 Å². The van der Waals surface area contributed by atoms with E-state index in [-0.39, 0.29) is 56.0 Å². The summed E-state index contributed by atoms with van der Waals surface area (Å²) in [5.74, 6) is -1.61. The first-order chi connectivity index (χ1) is 22.8. The van der Waals surface area contributed by atoms with E-state index in [0.717, 1.165) is 22.1 Å². The number of Topliss-reactive ketones (excluding diaryl/α,β-unsaturated/α-hetero) is 1. The number of quaternary nitrogens is 1. The first-order valence-corrected chi connectivity index (χ1v) is 17.6. The molecule has 1 amide bonds. The molecular weight excluding hydrogens is 641 g/mol. The molecule has 1 unspecified atom stereocenters. The molecule has 1 atom stereocenters. The highest BCUT2D eigenvalue weighted by molar-refractivity contribution is 7.86. The van der Waals surface area contributed by atoms with Crippen LogP contribution in [0.4, 0.5) is 5.69 Å². The molecule has 9 nitrogen and oxygen atoms in total. The minimum atomic E-state index is -4.55. The quantitative estimate of drug-likeness (QED) is 0.0838. The van der Waals surface area contributed by atoms with Crippen molar-refractivity contribution in [3.8, 4) is 5.75 Å². The lowest BCUT2D eigenvalue weighted by Crippen LogP contribution is -2.82. The molecule has 1 aliphatic rings. The predicted octanol–water partition coefficient (Wildman–Crippen LogP) is 6.16. The average molecular weight is 681 g/mol. The molecule has 1 aliphatic carbocycles. The van der Waals surface area contributed by atoms with Gasteiger partial charge in [0.1, 0.15) is 16.2 Å². The Morgan fingerprint density at radius 3 is 2.14 bits per heavy atom. The largest absolute Gasteiger partial charge is 0.507 e. The van der Waals surface area contributed by atoms with Gasteiger partial charge in [0.25, 0.3) is 10.1 Å². The molecule has 0 saturated carbocycles. The fourth-order valence-corrected chi connectivity index (χ4v) is 7.31. The van der Waals surface area contributed by atoms with Crippen LogP contribution >= 0.6 is 0 Å². The van der Waals surface area contributed by atoms with E-state index in [2.05, 4.69) is 41.5 Å². The van der Waals surface area contributed by atoms with Crippen molar-refractivity contribution >= 4 is 55.0 Å². The Kier molecular flexibility index (Phi) is 8.34. The number of hydrogen-bond donors (Lipinski definition) is 3. The number of aryl methyl sites for hydroxylation is 1. The number of carbonyl (C=O) groups excluding carboxylic acids is 3. The number of fused-ring (bicyclic) bond motifs is 3. The Morgan fingerprint density at radius 1 is 0.878 bits per heavy atom. The maximum absolute atomic E-state index is 13.7. The highest BCUT2D eigenvalue weighted by atomic mass is 32.2. The van der Waals surface area contributed by atoms with Crippen molar-refractivity contribution in [2.45, 2.75) is 76.0 Å². The fourth-order valence-electron chi connectivity index (χ4n) is 6.60. The van der Waals surface area contributed by atoms with Gasteiger partial charge < -0.3 is 5.11 Å². The molecule has 0 bridgehead atoms. The van der Waals surface area contributed by atoms with E-state index < -0.39 is 21.8 Å². The Hall–Kier alpha value is -4.77. The van der Waals surface area contributed by atoms with E-state index in [9.17, 15) is 32.5 Å². The van der Waals surface area contributed by atoms with Crippen LogP contribution in [0.1, 0.15) is 92.2 Å². The number of primary amides is 1. The number of aromatic hydroxyl groups is 1. The molecule has 4 aromatic carbocycles. The molecule has 5 N–H and O–H groups in total. The molecule has 0 spiro atoms. The number of hydrogen-bond acceptors (Lipinski definition) is 6. The van der Waals surface area contributed by atoms with Gasteiger partial charge >= 0.3 is 11.7 Å². The summed E-state index contributed by atoms with van der Waals surface area (Å²) < 4.78 is 33.8. The zero-order chi connectivity index (χ0) is 35.6. The lowest BCUT2D eigenvalue weighted by Gasteiger charge is -2.28. The SMILES string of the molecule is CC(C)(C)c1cc(CCC(=O)[NH2+]c2cccc3ccc(C4C(=O)c5cc6c(S(=O)(=O)O)cccc6cc5C4=[OH+])nc23)cc(C(C)(C)C)c1O. The number of ketones is 2. The van der Waals surface area contributed by atoms with E-state index in [0.29, 0.717) is 28.8 Å². The highest BCUT2D eigenvalue weighted by Gasteiger charge is 2.46. The van der Waals surface area contributed by atoms with Gasteiger partial charge in [-0.25, -0.2) is 15.1 Å². The first kappa shape index (κ1) is 34.1. The minimum Gasteiger partial charge on any atom is -0.507 e. The van der Waals surface area contributed by atoms with E-state index >= 15 is 0 Å². The van der Waals surface area contributed by atoms with Gasteiger partial charge in [0.2, 0.25) is 0 Å². The van der Waals surface area contributed by atoms with Gasteiger partial charge in [-0.3, -0.25) is 14.1 Å². The van der Waals surface area contributed by atoms with Gasteiger partial charge in [-0.2, -0.15) is 8.42 Å². The number of aromatic nitrogens is 1. The number of phenolic OH excluding ortho intramolecular Hbond substituents is 1. The summed E-state index contributed by atoms with van der Waals surface area (Å²) in [7, 11) is -4.55. The molecule has 10 heteroatoms. The second-order valence-corrected chi connectivity index (χ2v) is 16.2.